The molecule has 2 N–H and O–H groups in total. The van der Waals surface area contributed by atoms with E-state index < -0.39 is 17.7 Å². The smallest absolute Gasteiger partial charge is 0.419 e. The number of hydrogen-bond donors (Lipinski definition) is 2. The predicted octanol–water partition coefficient (Wildman–Crippen LogP) is 4.73. The standard InChI is InChI=1S/C24H26F3N7O/c1-22(2)10-14(11-23(3,4)32-22)20-17(24(25,26)27)12-33-13-18(30-21(33)31-20)16-6-5-15(9-19(16)35)34-28-7-8-29-34/h5-9,12-14,32,35H,10-11H2,1-4H3. The minimum Gasteiger partial charge on any atom is -0.507 e. The molecular formula is C24H26F3N7O. The Morgan fingerprint density at radius 3 is 2.26 bits per heavy atom. The second kappa shape index (κ2) is 7.77. The molecule has 0 saturated carbocycles. The first kappa shape index (κ1) is 23.3. The van der Waals surface area contributed by atoms with Crippen molar-refractivity contribution in [2.24, 2.45) is 0 Å². The Morgan fingerprint density at radius 2 is 1.66 bits per heavy atom. The van der Waals surface area contributed by atoms with Crippen LogP contribution in [-0.2, 0) is 6.18 Å². The van der Waals surface area contributed by atoms with Crippen molar-refractivity contribution in [3.8, 4) is 22.7 Å². The van der Waals surface area contributed by atoms with E-state index in [1.165, 1.54) is 33.9 Å². The number of imidazole rings is 1. The summed E-state index contributed by atoms with van der Waals surface area (Å²) < 4.78 is 43.7. The summed E-state index contributed by atoms with van der Waals surface area (Å²) in [6.45, 7) is 7.97. The third-order valence-electron chi connectivity index (χ3n) is 6.27. The summed E-state index contributed by atoms with van der Waals surface area (Å²) >= 11 is 0. The molecule has 0 spiro atoms. The summed E-state index contributed by atoms with van der Waals surface area (Å²) in [5.74, 6) is -0.340. The number of halogens is 3. The van der Waals surface area contributed by atoms with E-state index in [4.69, 9.17) is 0 Å². The average Bonchev–Trinajstić information content (AvgIpc) is 3.39. The van der Waals surface area contributed by atoms with E-state index in [0.717, 1.165) is 6.20 Å². The Labute approximate surface area is 199 Å². The van der Waals surface area contributed by atoms with E-state index in [2.05, 4.69) is 25.5 Å². The largest absolute Gasteiger partial charge is 0.507 e. The lowest BCUT2D eigenvalue weighted by Crippen LogP contribution is -2.57. The zero-order valence-electron chi connectivity index (χ0n) is 19.8. The summed E-state index contributed by atoms with van der Waals surface area (Å²) in [5.41, 5.74) is -0.236. The van der Waals surface area contributed by atoms with E-state index >= 15 is 0 Å². The lowest BCUT2D eigenvalue weighted by atomic mass is 9.74. The van der Waals surface area contributed by atoms with E-state index in [0.29, 0.717) is 29.8 Å². The molecule has 35 heavy (non-hydrogen) atoms. The fourth-order valence-corrected chi connectivity index (χ4v) is 5.32. The third-order valence-corrected chi connectivity index (χ3v) is 6.27. The van der Waals surface area contributed by atoms with Gasteiger partial charge in [0.1, 0.15) is 5.75 Å². The maximum Gasteiger partial charge on any atom is 0.419 e. The Balaban J connectivity index is 1.60. The van der Waals surface area contributed by atoms with Crippen LogP contribution in [0.15, 0.2) is 43.0 Å². The molecule has 0 amide bonds. The van der Waals surface area contributed by atoms with Crippen LogP contribution in [0.3, 0.4) is 0 Å². The number of benzene rings is 1. The van der Waals surface area contributed by atoms with Gasteiger partial charge in [0.05, 0.1) is 35.0 Å². The van der Waals surface area contributed by atoms with Gasteiger partial charge in [-0.1, -0.05) is 0 Å². The molecule has 184 valence electrons. The number of piperidine rings is 1. The number of phenols is 1. The summed E-state index contributed by atoms with van der Waals surface area (Å²) in [7, 11) is 0. The monoisotopic (exact) mass is 485 g/mol. The molecule has 0 aliphatic carbocycles. The number of alkyl halides is 3. The third kappa shape index (κ3) is 4.47. The van der Waals surface area contributed by atoms with E-state index in [1.807, 2.05) is 27.7 Å². The maximum atomic E-state index is 14.1. The van der Waals surface area contributed by atoms with Crippen molar-refractivity contribution < 1.29 is 18.3 Å². The number of rotatable bonds is 3. The van der Waals surface area contributed by atoms with Gasteiger partial charge < -0.3 is 10.4 Å². The molecule has 3 aromatic heterocycles. The molecule has 1 saturated heterocycles. The van der Waals surface area contributed by atoms with Gasteiger partial charge in [-0.25, -0.2) is 9.97 Å². The van der Waals surface area contributed by atoms with Crippen LogP contribution < -0.4 is 5.32 Å². The van der Waals surface area contributed by atoms with Gasteiger partial charge in [0, 0.05) is 41.0 Å². The second-order valence-electron chi connectivity index (χ2n) is 10.4. The number of phenolic OH excluding ortho intramolecular Hbond substituents is 1. The normalized spacial score (nSPS) is 18.3. The van der Waals surface area contributed by atoms with Gasteiger partial charge in [-0.3, -0.25) is 4.40 Å². The van der Waals surface area contributed by atoms with Crippen molar-refractivity contribution >= 4 is 5.78 Å². The number of hydrogen-bond acceptors (Lipinski definition) is 6. The van der Waals surface area contributed by atoms with Crippen molar-refractivity contribution in [3.63, 3.8) is 0 Å². The van der Waals surface area contributed by atoms with Gasteiger partial charge in [-0.05, 0) is 52.7 Å². The molecule has 0 bridgehead atoms. The molecule has 4 aromatic rings. The molecule has 1 fully saturated rings. The van der Waals surface area contributed by atoms with Crippen LogP contribution in [0.4, 0.5) is 13.2 Å². The summed E-state index contributed by atoms with van der Waals surface area (Å²) in [6.07, 6.45) is 1.98. The van der Waals surface area contributed by atoms with Crippen LogP contribution in [-0.4, -0.2) is 45.5 Å². The maximum absolute atomic E-state index is 14.1. The zero-order valence-corrected chi connectivity index (χ0v) is 19.8. The first-order chi connectivity index (χ1) is 16.3. The van der Waals surface area contributed by atoms with Crippen molar-refractivity contribution in [1.82, 2.24) is 34.7 Å². The van der Waals surface area contributed by atoms with E-state index in [1.54, 1.807) is 12.1 Å². The van der Waals surface area contributed by atoms with Gasteiger partial charge in [0.25, 0.3) is 0 Å². The van der Waals surface area contributed by atoms with Gasteiger partial charge in [-0.2, -0.15) is 28.2 Å². The minimum atomic E-state index is -4.57. The highest BCUT2D eigenvalue weighted by atomic mass is 19.4. The molecule has 1 aromatic carbocycles. The Hall–Kier alpha value is -3.47. The molecule has 0 radical (unpaired) electrons. The first-order valence-corrected chi connectivity index (χ1v) is 11.3. The van der Waals surface area contributed by atoms with Crippen LogP contribution in [0.1, 0.15) is 57.7 Å². The number of nitrogens with one attached hydrogen (secondary N) is 1. The molecule has 8 nitrogen and oxygen atoms in total. The highest BCUT2D eigenvalue weighted by molar-refractivity contribution is 5.70. The SMILES string of the molecule is CC1(C)CC(c2nc3nc(-c4ccc(-n5nccn5)cc4O)cn3cc2C(F)(F)F)CC(C)(C)N1. The molecule has 1 aliphatic heterocycles. The van der Waals surface area contributed by atoms with Crippen LogP contribution in [0, 0.1) is 0 Å². The van der Waals surface area contributed by atoms with Gasteiger partial charge >= 0.3 is 6.18 Å². The zero-order chi connectivity index (χ0) is 25.2. The quantitative estimate of drug-likeness (QED) is 0.436. The van der Waals surface area contributed by atoms with Crippen LogP contribution in [0.25, 0.3) is 22.7 Å². The van der Waals surface area contributed by atoms with Gasteiger partial charge in [-0.15, -0.1) is 0 Å². The number of fused-ring (bicyclic) bond motifs is 1. The molecule has 5 rings (SSSR count). The first-order valence-electron chi connectivity index (χ1n) is 11.3. The molecule has 0 atom stereocenters. The fourth-order valence-electron chi connectivity index (χ4n) is 5.32. The van der Waals surface area contributed by atoms with Crippen molar-refractivity contribution in [3.05, 3.63) is 54.2 Å². The number of aromatic nitrogens is 6. The number of nitrogens with zero attached hydrogens (tertiary/aromatic N) is 6. The lowest BCUT2D eigenvalue weighted by molar-refractivity contribution is -0.139. The van der Waals surface area contributed by atoms with Crippen molar-refractivity contribution in [2.45, 2.75) is 63.7 Å². The van der Waals surface area contributed by atoms with E-state index in [9.17, 15) is 18.3 Å². The van der Waals surface area contributed by atoms with Gasteiger partial charge in [0.15, 0.2) is 0 Å². The topological polar surface area (TPSA) is 93.2 Å². The lowest BCUT2D eigenvalue weighted by Gasteiger charge is -2.46. The second-order valence-corrected chi connectivity index (χ2v) is 10.4. The summed E-state index contributed by atoms with van der Waals surface area (Å²) in [4.78, 5) is 10.2. The van der Waals surface area contributed by atoms with E-state index in [-0.39, 0.29) is 28.3 Å². The molecular weight excluding hydrogens is 459 g/mol. The summed E-state index contributed by atoms with van der Waals surface area (Å²) in [5, 5.41) is 22.2. The number of aromatic hydroxyl groups is 1. The molecule has 1 aliphatic rings. The summed E-state index contributed by atoms with van der Waals surface area (Å²) in [6, 6.07) is 4.79. The van der Waals surface area contributed by atoms with Crippen LogP contribution in [0.5, 0.6) is 5.75 Å². The Morgan fingerprint density at radius 1 is 1.00 bits per heavy atom. The fraction of sp³-hybridized carbons (Fsp3) is 0.417. The van der Waals surface area contributed by atoms with Crippen molar-refractivity contribution in [2.75, 3.05) is 0 Å². The van der Waals surface area contributed by atoms with Crippen LogP contribution >= 0.6 is 0 Å². The minimum absolute atomic E-state index is 0.00845. The Kier molecular flexibility index (Phi) is 5.17. The van der Waals surface area contributed by atoms with Crippen molar-refractivity contribution in [1.29, 1.82) is 0 Å². The Bertz CT molecular complexity index is 1370. The molecule has 0 unspecified atom stereocenters. The predicted molar refractivity (Wildman–Crippen MR) is 123 cm³/mol. The van der Waals surface area contributed by atoms with Gasteiger partial charge in [0.2, 0.25) is 5.78 Å². The molecule has 4 heterocycles. The highest BCUT2D eigenvalue weighted by Crippen LogP contribution is 2.43. The van der Waals surface area contributed by atoms with Crippen LogP contribution in [0.2, 0.25) is 0 Å². The average molecular weight is 486 g/mol. The molecule has 11 heteroatoms. The highest BCUT2D eigenvalue weighted by Gasteiger charge is 2.43.